The van der Waals surface area contributed by atoms with Crippen molar-refractivity contribution in [2.45, 2.75) is 12.5 Å². The third-order valence-corrected chi connectivity index (χ3v) is 2.60. The summed E-state index contributed by atoms with van der Waals surface area (Å²) < 4.78 is 0. The third kappa shape index (κ3) is 5.16. The van der Waals surface area contributed by atoms with E-state index in [-0.39, 0.29) is 30.9 Å². The maximum atomic E-state index is 11.8. The Morgan fingerprint density at radius 2 is 2.05 bits per heavy atom. The molecule has 0 aliphatic heterocycles. The fraction of sp³-hybridized carbons (Fsp3) is 0.333. The number of carboxylic acid groups (broad SMARTS) is 1. The summed E-state index contributed by atoms with van der Waals surface area (Å²) >= 11 is 0. The van der Waals surface area contributed by atoms with Crippen LogP contribution in [0, 0.1) is 10.1 Å². The Hall–Kier alpha value is -2.52. The molecule has 1 aromatic carbocycles. The van der Waals surface area contributed by atoms with Crippen molar-refractivity contribution in [1.29, 1.82) is 0 Å². The number of rotatable bonds is 8. The van der Waals surface area contributed by atoms with Crippen LogP contribution in [0.25, 0.3) is 0 Å². The van der Waals surface area contributed by atoms with Gasteiger partial charge in [-0.1, -0.05) is 12.1 Å². The molecule has 5 N–H and O–H groups in total. The van der Waals surface area contributed by atoms with E-state index in [2.05, 4.69) is 10.6 Å². The van der Waals surface area contributed by atoms with Gasteiger partial charge >= 0.3 is 5.97 Å². The number of nitro benzene ring substituents is 1. The number of anilines is 1. The largest absolute Gasteiger partial charge is 0.480 e. The Morgan fingerprint density at radius 3 is 2.62 bits per heavy atom. The maximum absolute atomic E-state index is 11.8. The van der Waals surface area contributed by atoms with Crippen molar-refractivity contribution in [3.63, 3.8) is 0 Å². The summed E-state index contributed by atoms with van der Waals surface area (Å²) in [7, 11) is 0. The van der Waals surface area contributed by atoms with Crippen LogP contribution >= 0.6 is 0 Å². The highest BCUT2D eigenvalue weighted by Crippen LogP contribution is 2.23. The lowest BCUT2D eigenvalue weighted by Gasteiger charge is -2.13. The molecule has 114 valence electrons. The van der Waals surface area contributed by atoms with Gasteiger partial charge in [-0.2, -0.15) is 0 Å². The molecule has 1 rings (SSSR count). The summed E-state index contributed by atoms with van der Waals surface area (Å²) in [6, 6.07) is 4.52. The van der Waals surface area contributed by atoms with E-state index in [9.17, 15) is 19.7 Å². The fourth-order valence-corrected chi connectivity index (χ4v) is 1.63. The van der Waals surface area contributed by atoms with E-state index in [0.717, 1.165) is 0 Å². The van der Waals surface area contributed by atoms with Gasteiger partial charge in [0.2, 0.25) is 5.91 Å². The average Bonchev–Trinajstić information content (AvgIpc) is 2.43. The van der Waals surface area contributed by atoms with Gasteiger partial charge in [0, 0.05) is 19.2 Å². The zero-order valence-corrected chi connectivity index (χ0v) is 11.1. The normalized spacial score (nSPS) is 11.7. The Labute approximate surface area is 120 Å². The molecule has 9 heteroatoms. The van der Waals surface area contributed by atoms with Gasteiger partial charge in [-0.05, 0) is 6.07 Å². The first kappa shape index (κ1) is 16.5. The van der Waals surface area contributed by atoms with Crippen LogP contribution in [-0.4, -0.2) is 41.0 Å². The Morgan fingerprint density at radius 1 is 1.38 bits per heavy atom. The zero-order valence-electron chi connectivity index (χ0n) is 11.1. The number of nitrogens with zero attached hydrogens (tertiary/aromatic N) is 1. The molecule has 0 bridgehead atoms. The lowest BCUT2D eigenvalue weighted by atomic mass is 10.2. The molecule has 1 amide bonds. The van der Waals surface area contributed by atoms with E-state index in [1.54, 1.807) is 0 Å². The Kier molecular flexibility index (Phi) is 6.24. The van der Waals surface area contributed by atoms with E-state index in [4.69, 9.17) is 10.8 Å². The first-order valence-corrected chi connectivity index (χ1v) is 6.15. The predicted octanol–water partition coefficient (Wildman–Crippen LogP) is -0.0751. The average molecular weight is 296 g/mol. The van der Waals surface area contributed by atoms with Crippen LogP contribution in [-0.2, 0) is 9.59 Å². The number of nitrogens with one attached hydrogen (secondary N) is 2. The molecular formula is C12H16N4O5. The maximum Gasteiger partial charge on any atom is 0.321 e. The number of benzene rings is 1. The second-order valence-corrected chi connectivity index (χ2v) is 4.16. The van der Waals surface area contributed by atoms with E-state index >= 15 is 0 Å². The summed E-state index contributed by atoms with van der Waals surface area (Å²) in [5, 5.41) is 24.7. The first-order valence-electron chi connectivity index (χ1n) is 6.15. The first-order chi connectivity index (χ1) is 9.95. The molecule has 0 radical (unpaired) electrons. The number of hydrogen-bond donors (Lipinski definition) is 4. The molecule has 0 heterocycles. The van der Waals surface area contributed by atoms with Gasteiger partial charge in [0.15, 0.2) is 0 Å². The highest BCUT2D eigenvalue weighted by molar-refractivity contribution is 5.95. The number of aliphatic carboxylic acids is 1. The van der Waals surface area contributed by atoms with E-state index in [1.165, 1.54) is 24.3 Å². The van der Waals surface area contributed by atoms with Crippen molar-refractivity contribution < 1.29 is 19.6 Å². The monoisotopic (exact) mass is 296 g/mol. The molecule has 0 saturated carbocycles. The number of para-hydroxylation sites is 2. The summed E-state index contributed by atoms with van der Waals surface area (Å²) in [4.78, 5) is 33.0. The standard InChI is InChI=1S/C12H16N4O5/c13-5-6-14-9(12(18)19)7-11(17)15-8-3-1-2-4-10(8)16(20)21/h1-4,9,14H,5-7,13H2,(H,15,17)(H,18,19)/t9-/m1/s1. The van der Waals surface area contributed by atoms with Crippen LogP contribution in [0.4, 0.5) is 11.4 Å². The highest BCUT2D eigenvalue weighted by atomic mass is 16.6. The molecule has 0 aliphatic rings. The van der Waals surface area contributed by atoms with E-state index < -0.39 is 22.8 Å². The minimum Gasteiger partial charge on any atom is -0.480 e. The van der Waals surface area contributed by atoms with E-state index in [0.29, 0.717) is 0 Å². The molecule has 0 aliphatic carbocycles. The van der Waals surface area contributed by atoms with Crippen molar-refractivity contribution in [3.8, 4) is 0 Å². The Bertz CT molecular complexity index is 534. The molecule has 21 heavy (non-hydrogen) atoms. The van der Waals surface area contributed by atoms with Crippen LogP contribution < -0.4 is 16.4 Å². The van der Waals surface area contributed by atoms with Crippen molar-refractivity contribution in [1.82, 2.24) is 5.32 Å². The molecule has 9 nitrogen and oxygen atoms in total. The van der Waals surface area contributed by atoms with Crippen molar-refractivity contribution in [2.75, 3.05) is 18.4 Å². The molecule has 1 aromatic rings. The SMILES string of the molecule is NCCN[C@H](CC(=O)Nc1ccccc1[N+](=O)[O-])C(=O)O. The second-order valence-electron chi connectivity index (χ2n) is 4.16. The quantitative estimate of drug-likeness (QED) is 0.387. The van der Waals surface area contributed by atoms with Gasteiger partial charge < -0.3 is 21.5 Å². The molecule has 1 atom stereocenters. The number of carbonyl (C=O) groups excluding carboxylic acids is 1. The lowest BCUT2D eigenvalue weighted by Crippen LogP contribution is -2.41. The van der Waals surface area contributed by atoms with Crippen molar-refractivity contribution in [3.05, 3.63) is 34.4 Å². The van der Waals surface area contributed by atoms with Crippen molar-refractivity contribution >= 4 is 23.3 Å². The summed E-state index contributed by atoms with van der Waals surface area (Å²) in [6.45, 7) is 0.477. The second kappa shape index (κ2) is 7.92. The van der Waals surface area contributed by atoms with Gasteiger partial charge in [0.1, 0.15) is 11.7 Å². The lowest BCUT2D eigenvalue weighted by molar-refractivity contribution is -0.383. The van der Waals surface area contributed by atoms with E-state index in [1.807, 2.05) is 0 Å². The minimum absolute atomic E-state index is 0.0236. The summed E-state index contributed by atoms with van der Waals surface area (Å²) in [5.74, 6) is -1.83. The van der Waals surface area contributed by atoms with Gasteiger partial charge in [0.25, 0.3) is 5.69 Å². The summed E-state index contributed by atoms with van der Waals surface area (Å²) in [6.07, 6.45) is -0.360. The number of hydrogen-bond acceptors (Lipinski definition) is 6. The minimum atomic E-state index is -1.19. The highest BCUT2D eigenvalue weighted by Gasteiger charge is 2.22. The summed E-state index contributed by atoms with van der Waals surface area (Å²) in [5.41, 5.74) is 5.02. The van der Waals surface area contributed by atoms with Crippen LogP contribution in [0.3, 0.4) is 0 Å². The molecule has 0 spiro atoms. The molecular weight excluding hydrogens is 280 g/mol. The topological polar surface area (TPSA) is 148 Å². The smallest absolute Gasteiger partial charge is 0.321 e. The van der Waals surface area contributed by atoms with Gasteiger partial charge in [0.05, 0.1) is 11.3 Å². The van der Waals surface area contributed by atoms with Crippen LogP contribution in [0.2, 0.25) is 0 Å². The number of nitro groups is 1. The molecule has 0 aromatic heterocycles. The van der Waals surface area contributed by atoms with Gasteiger partial charge in [-0.25, -0.2) is 0 Å². The number of carboxylic acids is 1. The van der Waals surface area contributed by atoms with Gasteiger partial charge in [-0.15, -0.1) is 0 Å². The number of carbonyl (C=O) groups is 2. The van der Waals surface area contributed by atoms with Crippen LogP contribution in [0.1, 0.15) is 6.42 Å². The third-order valence-electron chi connectivity index (χ3n) is 2.60. The molecule has 0 fully saturated rings. The molecule has 0 saturated heterocycles. The fourth-order valence-electron chi connectivity index (χ4n) is 1.63. The zero-order chi connectivity index (χ0) is 15.8. The van der Waals surface area contributed by atoms with Crippen molar-refractivity contribution in [2.24, 2.45) is 5.73 Å². The van der Waals surface area contributed by atoms with Crippen LogP contribution in [0.15, 0.2) is 24.3 Å². The van der Waals surface area contributed by atoms with Crippen LogP contribution in [0.5, 0.6) is 0 Å². The predicted molar refractivity (Wildman–Crippen MR) is 74.8 cm³/mol. The molecule has 0 unspecified atom stereocenters. The van der Waals surface area contributed by atoms with Gasteiger partial charge in [-0.3, -0.25) is 19.7 Å². The number of nitrogens with two attached hydrogens (primary N) is 1. The number of amides is 1. The Balaban J connectivity index is 2.72.